The summed E-state index contributed by atoms with van der Waals surface area (Å²) in [5.74, 6) is 4.86. The van der Waals surface area contributed by atoms with Crippen molar-refractivity contribution in [3.63, 3.8) is 0 Å². The van der Waals surface area contributed by atoms with Crippen LogP contribution in [0.3, 0.4) is 0 Å². The fourth-order valence-corrected chi connectivity index (χ4v) is 5.79. The van der Waals surface area contributed by atoms with Crippen molar-refractivity contribution >= 4 is 62.7 Å². The third-order valence-electron chi connectivity index (χ3n) is 4.62. The second kappa shape index (κ2) is 6.06. The molecule has 0 bridgehead atoms. The Bertz CT molecular complexity index is 1590. The SMILES string of the molecule is NOS(=O)(=O)c1ccc2ccc3c(S(=O)(=O)O)cc(S(=O)(=O)O)c4ccc1c2c34. The Kier molecular flexibility index (Phi) is 4.16. The molecule has 29 heavy (non-hydrogen) atoms. The number of rotatable bonds is 4. The summed E-state index contributed by atoms with van der Waals surface area (Å²) < 4.78 is 95.1. The van der Waals surface area contributed by atoms with E-state index in [1.807, 2.05) is 0 Å². The molecule has 4 aromatic rings. The zero-order valence-corrected chi connectivity index (χ0v) is 16.5. The van der Waals surface area contributed by atoms with Gasteiger partial charge in [0.2, 0.25) is 0 Å². The van der Waals surface area contributed by atoms with Crippen LogP contribution in [0.1, 0.15) is 0 Å². The van der Waals surface area contributed by atoms with Gasteiger partial charge in [0.25, 0.3) is 20.2 Å². The summed E-state index contributed by atoms with van der Waals surface area (Å²) in [6.07, 6.45) is 0. The Morgan fingerprint density at radius 1 is 0.655 bits per heavy atom. The molecule has 0 spiro atoms. The van der Waals surface area contributed by atoms with Crippen LogP contribution in [0, 0.1) is 0 Å². The van der Waals surface area contributed by atoms with E-state index in [4.69, 9.17) is 5.90 Å². The minimum atomic E-state index is -4.89. The predicted octanol–water partition coefficient (Wildman–Crippen LogP) is 1.66. The summed E-state index contributed by atoms with van der Waals surface area (Å²) in [7, 11) is -14.1. The van der Waals surface area contributed by atoms with E-state index in [0.717, 1.165) is 0 Å². The molecule has 0 aliphatic rings. The second-order valence-electron chi connectivity index (χ2n) is 6.18. The molecule has 0 fully saturated rings. The Morgan fingerprint density at radius 3 is 1.59 bits per heavy atom. The van der Waals surface area contributed by atoms with Crippen molar-refractivity contribution in [3.05, 3.63) is 42.5 Å². The highest BCUT2D eigenvalue weighted by atomic mass is 32.2. The molecule has 4 N–H and O–H groups in total. The number of hydrogen-bond acceptors (Lipinski definition) is 8. The average Bonchev–Trinajstić information content (AvgIpc) is 2.63. The molecule has 0 unspecified atom stereocenters. The normalized spacial score (nSPS) is 13.6. The molecule has 0 aliphatic heterocycles. The quantitative estimate of drug-likeness (QED) is 0.232. The number of benzene rings is 4. The van der Waals surface area contributed by atoms with Gasteiger partial charge in [0.1, 0.15) is 14.7 Å². The maximum Gasteiger partial charge on any atom is 0.313 e. The van der Waals surface area contributed by atoms with Crippen molar-refractivity contribution in [1.82, 2.24) is 0 Å². The van der Waals surface area contributed by atoms with Gasteiger partial charge in [-0.3, -0.25) is 9.11 Å². The highest BCUT2D eigenvalue weighted by Gasteiger charge is 2.27. The van der Waals surface area contributed by atoms with Crippen molar-refractivity contribution in [2.45, 2.75) is 14.7 Å². The Labute approximate surface area is 164 Å². The maximum atomic E-state index is 12.2. The zero-order chi connectivity index (χ0) is 21.4. The van der Waals surface area contributed by atoms with Crippen LogP contribution >= 0.6 is 0 Å². The van der Waals surface area contributed by atoms with Gasteiger partial charge < -0.3 is 0 Å². The van der Waals surface area contributed by atoms with Gasteiger partial charge in [-0.25, -0.2) is 0 Å². The van der Waals surface area contributed by atoms with Crippen molar-refractivity contribution in [3.8, 4) is 0 Å². The van der Waals surface area contributed by atoms with Crippen LogP contribution < -0.4 is 5.90 Å². The van der Waals surface area contributed by atoms with Crippen LogP contribution in [0.25, 0.3) is 32.3 Å². The monoisotopic (exact) mass is 457 g/mol. The minimum Gasteiger partial charge on any atom is -0.282 e. The van der Waals surface area contributed by atoms with Crippen molar-refractivity contribution < 1.29 is 38.6 Å². The molecule has 0 aromatic heterocycles. The van der Waals surface area contributed by atoms with E-state index in [9.17, 15) is 34.4 Å². The number of hydrogen-bond donors (Lipinski definition) is 3. The van der Waals surface area contributed by atoms with Crippen LogP contribution in [0.2, 0.25) is 0 Å². The molecular weight excluding hydrogens is 446 g/mol. The van der Waals surface area contributed by atoms with E-state index in [1.165, 1.54) is 36.4 Å². The van der Waals surface area contributed by atoms with Gasteiger partial charge in [0.05, 0.1) is 0 Å². The van der Waals surface area contributed by atoms with Gasteiger partial charge in [-0.05, 0) is 22.9 Å². The summed E-state index contributed by atoms with van der Waals surface area (Å²) in [4.78, 5) is -1.83. The second-order valence-corrected chi connectivity index (χ2v) is 10.5. The Morgan fingerprint density at radius 2 is 1.10 bits per heavy atom. The summed E-state index contributed by atoms with van der Waals surface area (Å²) >= 11 is 0. The third-order valence-corrected chi connectivity index (χ3v) is 7.55. The lowest BCUT2D eigenvalue weighted by molar-refractivity contribution is 0.333. The summed E-state index contributed by atoms with van der Waals surface area (Å²) in [6.45, 7) is 0. The predicted molar refractivity (Wildman–Crippen MR) is 102 cm³/mol. The van der Waals surface area contributed by atoms with Crippen LogP contribution in [0.5, 0.6) is 0 Å². The smallest absolute Gasteiger partial charge is 0.282 e. The molecule has 152 valence electrons. The molecule has 10 nitrogen and oxygen atoms in total. The van der Waals surface area contributed by atoms with Gasteiger partial charge in [-0.15, -0.1) is 0 Å². The van der Waals surface area contributed by atoms with E-state index in [1.54, 1.807) is 0 Å². The molecule has 0 saturated heterocycles. The minimum absolute atomic E-state index is 0.0248. The number of nitrogens with two attached hydrogens (primary N) is 1. The van der Waals surface area contributed by atoms with E-state index < -0.39 is 40.1 Å². The molecule has 0 radical (unpaired) electrons. The highest BCUT2D eigenvalue weighted by molar-refractivity contribution is 7.87. The highest BCUT2D eigenvalue weighted by Crippen LogP contribution is 2.42. The van der Waals surface area contributed by atoms with Crippen molar-refractivity contribution in [2.24, 2.45) is 5.90 Å². The van der Waals surface area contributed by atoms with Gasteiger partial charge in [-0.1, -0.05) is 30.3 Å². The van der Waals surface area contributed by atoms with Gasteiger partial charge in [-0.2, -0.15) is 35.4 Å². The van der Waals surface area contributed by atoms with Crippen molar-refractivity contribution in [1.29, 1.82) is 0 Å². The van der Waals surface area contributed by atoms with Crippen molar-refractivity contribution in [2.75, 3.05) is 0 Å². The van der Waals surface area contributed by atoms with Gasteiger partial charge in [0.15, 0.2) is 0 Å². The molecule has 0 aliphatic carbocycles. The lowest BCUT2D eigenvalue weighted by atomic mass is 9.94. The molecule has 4 aromatic carbocycles. The molecule has 0 saturated carbocycles. The fraction of sp³-hybridized carbons (Fsp3) is 0. The molecule has 0 amide bonds. The van der Waals surface area contributed by atoms with E-state index in [-0.39, 0.29) is 31.8 Å². The summed E-state index contributed by atoms with van der Waals surface area (Å²) in [6, 6.07) is 8.61. The van der Waals surface area contributed by atoms with E-state index in [2.05, 4.69) is 4.28 Å². The average molecular weight is 457 g/mol. The van der Waals surface area contributed by atoms with E-state index in [0.29, 0.717) is 11.5 Å². The van der Waals surface area contributed by atoms with Crippen LogP contribution in [0.4, 0.5) is 0 Å². The first-order chi connectivity index (χ1) is 13.4. The lowest BCUT2D eigenvalue weighted by Gasteiger charge is -2.16. The van der Waals surface area contributed by atoms with Gasteiger partial charge in [0, 0.05) is 21.5 Å². The van der Waals surface area contributed by atoms with E-state index >= 15 is 0 Å². The topological polar surface area (TPSA) is 178 Å². The molecular formula is C16H11NO9S3. The van der Waals surface area contributed by atoms with Gasteiger partial charge >= 0.3 is 10.1 Å². The molecule has 0 heterocycles. The molecule has 0 atom stereocenters. The summed E-state index contributed by atoms with van der Waals surface area (Å²) in [5.41, 5.74) is 0. The lowest BCUT2D eigenvalue weighted by Crippen LogP contribution is -2.12. The first kappa shape index (κ1) is 19.9. The first-order valence-corrected chi connectivity index (χ1v) is 12.0. The fourth-order valence-electron chi connectivity index (χ4n) is 3.50. The first-order valence-electron chi connectivity index (χ1n) is 7.69. The van der Waals surface area contributed by atoms with Crippen LogP contribution in [-0.2, 0) is 34.6 Å². The Balaban J connectivity index is 2.40. The maximum absolute atomic E-state index is 12.2. The molecule has 13 heteroatoms. The van der Waals surface area contributed by atoms with Crippen LogP contribution in [0.15, 0.2) is 57.2 Å². The largest absolute Gasteiger partial charge is 0.313 e. The van der Waals surface area contributed by atoms with Crippen LogP contribution in [-0.4, -0.2) is 34.4 Å². The standard InChI is InChI=1S/C16H11NO9S3/c17-26-29(24,25)12-6-2-8-1-3-10-13(27(18,19)20)7-14(28(21,22)23)11-5-4-9(12)15(8)16(10)11/h1-7H,17H2,(H,18,19,20)(H,21,22,23). The zero-order valence-electron chi connectivity index (χ0n) is 14.1. The summed E-state index contributed by atoms with van der Waals surface area (Å²) in [5, 5.41) is 0.625. The molecule has 4 rings (SSSR count). The third kappa shape index (κ3) is 2.95. The Hall–Kier alpha value is -2.39.